The Morgan fingerprint density at radius 2 is 2.15 bits per heavy atom. The standard InChI is InChI=1S/C9H18N4/c1-5-6-9(3,10)8-11-7(2)12-13(8)4/h5-6,10H2,1-4H3. The maximum Gasteiger partial charge on any atom is 0.147 e. The highest BCUT2D eigenvalue weighted by Crippen LogP contribution is 2.20. The van der Waals surface area contributed by atoms with Crippen LogP contribution < -0.4 is 5.73 Å². The minimum Gasteiger partial charge on any atom is -0.319 e. The largest absolute Gasteiger partial charge is 0.319 e. The molecule has 0 aliphatic rings. The van der Waals surface area contributed by atoms with Gasteiger partial charge in [-0.25, -0.2) is 4.98 Å². The van der Waals surface area contributed by atoms with Crippen LogP contribution in [0.2, 0.25) is 0 Å². The third-order valence-electron chi connectivity index (χ3n) is 2.15. The van der Waals surface area contributed by atoms with E-state index in [1.165, 1.54) is 0 Å². The van der Waals surface area contributed by atoms with Crippen LogP contribution >= 0.6 is 0 Å². The van der Waals surface area contributed by atoms with Crippen LogP contribution in [-0.4, -0.2) is 14.8 Å². The molecule has 1 rings (SSSR count). The van der Waals surface area contributed by atoms with Gasteiger partial charge in [0.15, 0.2) is 0 Å². The van der Waals surface area contributed by atoms with Gasteiger partial charge in [-0.05, 0) is 20.3 Å². The van der Waals surface area contributed by atoms with E-state index in [4.69, 9.17) is 5.73 Å². The second-order valence-corrected chi connectivity index (χ2v) is 3.77. The molecule has 2 N–H and O–H groups in total. The summed E-state index contributed by atoms with van der Waals surface area (Å²) in [6.07, 6.45) is 1.98. The second kappa shape index (κ2) is 3.46. The van der Waals surface area contributed by atoms with Crippen molar-refractivity contribution in [1.82, 2.24) is 14.8 Å². The van der Waals surface area contributed by atoms with Gasteiger partial charge in [-0.3, -0.25) is 4.68 Å². The Balaban J connectivity index is 2.98. The first-order valence-corrected chi connectivity index (χ1v) is 4.64. The fourth-order valence-corrected chi connectivity index (χ4v) is 1.64. The zero-order chi connectivity index (χ0) is 10.1. The Labute approximate surface area is 79.2 Å². The number of nitrogens with zero attached hydrogens (tertiary/aromatic N) is 3. The van der Waals surface area contributed by atoms with Crippen molar-refractivity contribution in [1.29, 1.82) is 0 Å². The zero-order valence-corrected chi connectivity index (χ0v) is 8.83. The summed E-state index contributed by atoms with van der Waals surface area (Å²) in [7, 11) is 1.89. The van der Waals surface area contributed by atoms with Gasteiger partial charge in [0.1, 0.15) is 11.6 Å². The van der Waals surface area contributed by atoms with Gasteiger partial charge < -0.3 is 5.73 Å². The molecule has 0 aliphatic carbocycles. The lowest BCUT2D eigenvalue weighted by Crippen LogP contribution is -2.35. The van der Waals surface area contributed by atoms with Crippen LogP contribution in [0.15, 0.2) is 0 Å². The van der Waals surface area contributed by atoms with Gasteiger partial charge in [-0.2, -0.15) is 5.10 Å². The maximum absolute atomic E-state index is 6.14. The Hall–Kier alpha value is -0.900. The number of hydrogen-bond donors (Lipinski definition) is 1. The summed E-state index contributed by atoms with van der Waals surface area (Å²) in [6, 6.07) is 0. The van der Waals surface area contributed by atoms with E-state index in [0.717, 1.165) is 24.5 Å². The van der Waals surface area contributed by atoms with Crippen LogP contribution in [-0.2, 0) is 12.6 Å². The molecule has 4 nitrogen and oxygen atoms in total. The molecule has 0 amide bonds. The first kappa shape index (κ1) is 10.2. The third-order valence-corrected chi connectivity index (χ3v) is 2.15. The zero-order valence-electron chi connectivity index (χ0n) is 8.83. The van der Waals surface area contributed by atoms with E-state index in [2.05, 4.69) is 17.0 Å². The predicted octanol–water partition coefficient (Wildman–Crippen LogP) is 1.10. The topological polar surface area (TPSA) is 56.7 Å². The number of rotatable bonds is 3. The van der Waals surface area contributed by atoms with Crippen LogP contribution in [0.5, 0.6) is 0 Å². The van der Waals surface area contributed by atoms with Gasteiger partial charge in [0, 0.05) is 7.05 Å². The molecular formula is C9H18N4. The molecule has 0 saturated carbocycles. The van der Waals surface area contributed by atoms with Crippen molar-refractivity contribution in [3.8, 4) is 0 Å². The SMILES string of the molecule is CCCC(C)(N)c1nc(C)nn1C. The molecule has 74 valence electrons. The lowest BCUT2D eigenvalue weighted by molar-refractivity contribution is 0.401. The Morgan fingerprint density at radius 3 is 2.54 bits per heavy atom. The Bertz CT molecular complexity index is 288. The lowest BCUT2D eigenvalue weighted by atomic mass is 9.97. The summed E-state index contributed by atoms with van der Waals surface area (Å²) in [5.74, 6) is 1.65. The molecule has 1 unspecified atom stereocenters. The van der Waals surface area contributed by atoms with E-state index in [1.807, 2.05) is 20.9 Å². The number of nitrogens with two attached hydrogens (primary N) is 1. The second-order valence-electron chi connectivity index (χ2n) is 3.77. The minimum absolute atomic E-state index is 0.356. The monoisotopic (exact) mass is 182 g/mol. The highest BCUT2D eigenvalue weighted by Gasteiger charge is 2.25. The first-order chi connectivity index (χ1) is 5.97. The molecule has 0 aromatic carbocycles. The molecule has 1 aromatic heterocycles. The number of aryl methyl sites for hydroxylation is 2. The Kier molecular flexibility index (Phi) is 2.71. The van der Waals surface area contributed by atoms with E-state index in [0.29, 0.717) is 0 Å². The molecule has 0 fully saturated rings. The van der Waals surface area contributed by atoms with Crippen molar-refractivity contribution in [3.63, 3.8) is 0 Å². The number of aromatic nitrogens is 3. The molecule has 4 heteroatoms. The first-order valence-electron chi connectivity index (χ1n) is 4.64. The fraction of sp³-hybridized carbons (Fsp3) is 0.778. The molecule has 0 spiro atoms. The molecule has 13 heavy (non-hydrogen) atoms. The summed E-state index contributed by atoms with van der Waals surface area (Å²) in [6.45, 7) is 6.00. The quantitative estimate of drug-likeness (QED) is 0.761. The van der Waals surface area contributed by atoms with Crippen LogP contribution in [0.4, 0.5) is 0 Å². The van der Waals surface area contributed by atoms with Crippen molar-refractivity contribution in [2.24, 2.45) is 12.8 Å². The molecule has 0 aliphatic heterocycles. The minimum atomic E-state index is -0.356. The van der Waals surface area contributed by atoms with Crippen LogP contribution in [0, 0.1) is 6.92 Å². The molecule has 1 atom stereocenters. The van der Waals surface area contributed by atoms with Gasteiger partial charge in [-0.15, -0.1) is 0 Å². The van der Waals surface area contributed by atoms with Crippen molar-refractivity contribution in [2.45, 2.75) is 39.2 Å². The summed E-state index contributed by atoms with van der Waals surface area (Å²) < 4.78 is 1.77. The third kappa shape index (κ3) is 2.06. The van der Waals surface area contributed by atoms with Crippen molar-refractivity contribution in [3.05, 3.63) is 11.6 Å². The molecule has 0 radical (unpaired) electrons. The average Bonchev–Trinajstić information content (AvgIpc) is 2.30. The molecule has 0 saturated heterocycles. The Morgan fingerprint density at radius 1 is 1.54 bits per heavy atom. The fourth-order valence-electron chi connectivity index (χ4n) is 1.64. The van der Waals surface area contributed by atoms with Crippen molar-refractivity contribution in [2.75, 3.05) is 0 Å². The molecule has 0 bridgehead atoms. The van der Waals surface area contributed by atoms with Gasteiger partial charge in [0.05, 0.1) is 5.54 Å². The van der Waals surface area contributed by atoms with Crippen LogP contribution in [0.1, 0.15) is 38.3 Å². The smallest absolute Gasteiger partial charge is 0.147 e. The van der Waals surface area contributed by atoms with E-state index >= 15 is 0 Å². The van der Waals surface area contributed by atoms with E-state index in [-0.39, 0.29) is 5.54 Å². The van der Waals surface area contributed by atoms with Crippen LogP contribution in [0.3, 0.4) is 0 Å². The lowest BCUT2D eigenvalue weighted by Gasteiger charge is -2.22. The highest BCUT2D eigenvalue weighted by atomic mass is 15.3. The van der Waals surface area contributed by atoms with Gasteiger partial charge in [-0.1, -0.05) is 13.3 Å². The van der Waals surface area contributed by atoms with Crippen molar-refractivity contribution < 1.29 is 0 Å². The molecule has 1 aromatic rings. The average molecular weight is 182 g/mol. The summed E-state index contributed by atoms with van der Waals surface area (Å²) in [5, 5.41) is 4.19. The van der Waals surface area contributed by atoms with Crippen molar-refractivity contribution >= 4 is 0 Å². The van der Waals surface area contributed by atoms with Gasteiger partial charge in [0.25, 0.3) is 0 Å². The van der Waals surface area contributed by atoms with Crippen LogP contribution in [0.25, 0.3) is 0 Å². The molecule has 1 heterocycles. The molecular weight excluding hydrogens is 164 g/mol. The summed E-state index contributed by atoms with van der Waals surface area (Å²) >= 11 is 0. The predicted molar refractivity (Wildman–Crippen MR) is 52.2 cm³/mol. The maximum atomic E-state index is 6.14. The normalized spacial score (nSPS) is 15.8. The highest BCUT2D eigenvalue weighted by molar-refractivity contribution is 5.04. The van der Waals surface area contributed by atoms with Gasteiger partial charge >= 0.3 is 0 Å². The summed E-state index contributed by atoms with van der Waals surface area (Å²) in [4.78, 5) is 4.33. The van der Waals surface area contributed by atoms with E-state index in [9.17, 15) is 0 Å². The van der Waals surface area contributed by atoms with Gasteiger partial charge in [0.2, 0.25) is 0 Å². The number of hydrogen-bond acceptors (Lipinski definition) is 3. The summed E-state index contributed by atoms with van der Waals surface area (Å²) in [5.41, 5.74) is 5.78. The van der Waals surface area contributed by atoms with E-state index in [1.54, 1.807) is 4.68 Å². The van der Waals surface area contributed by atoms with E-state index < -0.39 is 0 Å².